The summed E-state index contributed by atoms with van der Waals surface area (Å²) in [4.78, 5) is 49.3. The van der Waals surface area contributed by atoms with Gasteiger partial charge in [-0.25, -0.2) is 4.39 Å². The molecule has 1 heterocycles. The first kappa shape index (κ1) is 15.8. The Labute approximate surface area is 126 Å². The molecule has 2 rings (SSSR count). The van der Waals surface area contributed by atoms with Crippen LogP contribution in [0.2, 0.25) is 0 Å². The van der Waals surface area contributed by atoms with Gasteiger partial charge < -0.3 is 0 Å². The number of carbonyl (C=O) groups excluding carboxylic acids is 4. The van der Waals surface area contributed by atoms with E-state index in [1.807, 2.05) is 0 Å². The van der Waals surface area contributed by atoms with Crippen LogP contribution in [0.25, 0.3) is 0 Å². The zero-order valence-electron chi connectivity index (χ0n) is 12.2. The molecule has 0 bridgehead atoms. The SMILES string of the molecule is CCCC(C(=O)N(C)C=O)N1C(=O)c2cccc(F)c2C1=O. The fourth-order valence-corrected chi connectivity index (χ4v) is 2.47. The van der Waals surface area contributed by atoms with E-state index < -0.39 is 29.6 Å². The number of likely N-dealkylation sites (N-methyl/N-ethyl adjacent to an activating group) is 1. The van der Waals surface area contributed by atoms with Gasteiger partial charge in [-0.15, -0.1) is 0 Å². The highest BCUT2D eigenvalue weighted by Crippen LogP contribution is 2.28. The molecule has 0 fully saturated rings. The highest BCUT2D eigenvalue weighted by Gasteiger charge is 2.44. The summed E-state index contributed by atoms with van der Waals surface area (Å²) < 4.78 is 13.8. The molecule has 1 aliphatic rings. The third-order valence-electron chi connectivity index (χ3n) is 3.56. The van der Waals surface area contributed by atoms with Crippen molar-refractivity contribution in [2.45, 2.75) is 25.8 Å². The molecule has 0 spiro atoms. The number of nitrogens with zero attached hydrogens (tertiary/aromatic N) is 2. The molecule has 0 saturated heterocycles. The van der Waals surface area contributed by atoms with Crippen molar-refractivity contribution in [3.63, 3.8) is 0 Å². The third kappa shape index (κ3) is 2.38. The molecule has 22 heavy (non-hydrogen) atoms. The molecule has 1 aliphatic heterocycles. The second kappa shape index (κ2) is 6.05. The number of hydrogen-bond donors (Lipinski definition) is 0. The van der Waals surface area contributed by atoms with Crippen LogP contribution in [0.1, 0.15) is 40.5 Å². The second-order valence-corrected chi connectivity index (χ2v) is 5.00. The van der Waals surface area contributed by atoms with E-state index in [0.717, 1.165) is 15.9 Å². The Morgan fingerprint density at radius 2 is 2.05 bits per heavy atom. The van der Waals surface area contributed by atoms with Gasteiger partial charge in [-0.3, -0.25) is 29.0 Å². The maximum Gasteiger partial charge on any atom is 0.265 e. The highest BCUT2D eigenvalue weighted by atomic mass is 19.1. The first-order valence-corrected chi connectivity index (χ1v) is 6.82. The number of amides is 4. The van der Waals surface area contributed by atoms with Gasteiger partial charge in [0, 0.05) is 7.05 Å². The maximum absolute atomic E-state index is 13.8. The van der Waals surface area contributed by atoms with Crippen LogP contribution in [-0.2, 0) is 9.59 Å². The Kier molecular flexibility index (Phi) is 4.35. The van der Waals surface area contributed by atoms with Crippen molar-refractivity contribution in [3.8, 4) is 0 Å². The van der Waals surface area contributed by atoms with Crippen LogP contribution in [0.5, 0.6) is 0 Å². The molecule has 1 aromatic rings. The van der Waals surface area contributed by atoms with E-state index in [4.69, 9.17) is 0 Å². The van der Waals surface area contributed by atoms with Crippen molar-refractivity contribution in [1.29, 1.82) is 0 Å². The Bertz CT molecular complexity index is 659. The van der Waals surface area contributed by atoms with Gasteiger partial charge in [0.2, 0.25) is 6.41 Å². The smallest absolute Gasteiger partial charge is 0.265 e. The quantitative estimate of drug-likeness (QED) is 0.605. The van der Waals surface area contributed by atoms with E-state index in [1.54, 1.807) is 6.92 Å². The fourth-order valence-electron chi connectivity index (χ4n) is 2.47. The minimum absolute atomic E-state index is 0.0624. The van der Waals surface area contributed by atoms with E-state index in [1.165, 1.54) is 19.2 Å². The van der Waals surface area contributed by atoms with Crippen LogP contribution in [0.4, 0.5) is 4.39 Å². The number of halogens is 1. The fraction of sp³-hybridized carbons (Fsp3) is 0.333. The van der Waals surface area contributed by atoms with Crippen molar-refractivity contribution < 1.29 is 23.6 Å². The van der Waals surface area contributed by atoms with Crippen molar-refractivity contribution in [1.82, 2.24) is 9.80 Å². The second-order valence-electron chi connectivity index (χ2n) is 5.00. The van der Waals surface area contributed by atoms with Gasteiger partial charge in [0.1, 0.15) is 11.9 Å². The van der Waals surface area contributed by atoms with Crippen LogP contribution < -0.4 is 0 Å². The summed E-state index contributed by atoms with van der Waals surface area (Å²) in [6, 6.07) is 2.64. The molecule has 4 amide bonds. The molecule has 0 N–H and O–H groups in total. The molecular weight excluding hydrogens is 291 g/mol. The summed E-state index contributed by atoms with van der Waals surface area (Å²) in [6.45, 7) is 1.78. The van der Waals surface area contributed by atoms with Gasteiger partial charge in [-0.05, 0) is 18.6 Å². The molecular formula is C15H15FN2O4. The zero-order valence-corrected chi connectivity index (χ0v) is 12.2. The number of benzene rings is 1. The highest BCUT2D eigenvalue weighted by molar-refractivity contribution is 6.23. The average Bonchev–Trinajstić information content (AvgIpc) is 2.76. The Morgan fingerprint density at radius 3 is 2.59 bits per heavy atom. The minimum atomic E-state index is -1.12. The van der Waals surface area contributed by atoms with E-state index in [-0.39, 0.29) is 17.5 Å². The zero-order chi connectivity index (χ0) is 16.4. The monoisotopic (exact) mass is 306 g/mol. The summed E-state index contributed by atoms with van der Waals surface area (Å²) in [5, 5.41) is 0. The normalized spacial score (nSPS) is 14.8. The number of fused-ring (bicyclic) bond motifs is 1. The van der Waals surface area contributed by atoms with Crippen molar-refractivity contribution >= 4 is 24.1 Å². The molecule has 0 saturated carbocycles. The van der Waals surface area contributed by atoms with Crippen LogP contribution in [0.15, 0.2) is 18.2 Å². The van der Waals surface area contributed by atoms with Crippen molar-refractivity contribution in [2.75, 3.05) is 7.05 Å². The van der Waals surface area contributed by atoms with E-state index >= 15 is 0 Å². The van der Waals surface area contributed by atoms with Gasteiger partial charge in [0.25, 0.3) is 17.7 Å². The summed E-state index contributed by atoms with van der Waals surface area (Å²) in [5.41, 5.74) is -0.386. The average molecular weight is 306 g/mol. The lowest BCUT2D eigenvalue weighted by Gasteiger charge is -2.26. The Hall–Kier alpha value is -2.57. The van der Waals surface area contributed by atoms with Gasteiger partial charge in [-0.1, -0.05) is 19.4 Å². The van der Waals surface area contributed by atoms with Gasteiger partial charge in [0.15, 0.2) is 0 Å². The standard InChI is InChI=1S/C15H15FN2O4/c1-3-5-11(14(21)17(2)8-19)18-13(20)9-6-4-7-10(16)12(9)15(18)22/h4,6-8,11H,3,5H2,1-2H3. The van der Waals surface area contributed by atoms with Gasteiger partial charge in [0.05, 0.1) is 11.1 Å². The minimum Gasteiger partial charge on any atom is -0.287 e. The van der Waals surface area contributed by atoms with E-state index in [0.29, 0.717) is 12.8 Å². The summed E-state index contributed by atoms with van der Waals surface area (Å²) in [7, 11) is 1.25. The molecule has 116 valence electrons. The van der Waals surface area contributed by atoms with E-state index in [9.17, 15) is 23.6 Å². The molecule has 6 nitrogen and oxygen atoms in total. The molecule has 1 atom stereocenters. The Balaban J connectivity index is 2.45. The topological polar surface area (TPSA) is 74.8 Å². The van der Waals surface area contributed by atoms with Crippen LogP contribution in [0, 0.1) is 5.82 Å². The Morgan fingerprint density at radius 1 is 1.36 bits per heavy atom. The molecule has 0 aromatic heterocycles. The number of imide groups is 2. The molecule has 7 heteroatoms. The summed E-state index contributed by atoms with van der Waals surface area (Å²) >= 11 is 0. The van der Waals surface area contributed by atoms with Gasteiger partial charge in [-0.2, -0.15) is 0 Å². The van der Waals surface area contributed by atoms with Crippen LogP contribution in [0.3, 0.4) is 0 Å². The summed E-state index contributed by atoms with van der Waals surface area (Å²) in [6.07, 6.45) is 1.02. The lowest BCUT2D eigenvalue weighted by molar-refractivity contribution is -0.140. The van der Waals surface area contributed by atoms with Crippen LogP contribution in [-0.4, -0.2) is 47.0 Å². The lowest BCUT2D eigenvalue weighted by Crippen LogP contribution is -2.49. The number of rotatable bonds is 5. The number of carbonyl (C=O) groups is 4. The van der Waals surface area contributed by atoms with Crippen LogP contribution >= 0.6 is 0 Å². The third-order valence-corrected chi connectivity index (χ3v) is 3.56. The van der Waals surface area contributed by atoms with Gasteiger partial charge >= 0.3 is 0 Å². The lowest BCUT2D eigenvalue weighted by atomic mass is 10.1. The predicted molar refractivity (Wildman–Crippen MR) is 74.4 cm³/mol. The predicted octanol–water partition coefficient (Wildman–Crippen LogP) is 1.21. The number of hydrogen-bond acceptors (Lipinski definition) is 4. The van der Waals surface area contributed by atoms with Crippen molar-refractivity contribution in [2.24, 2.45) is 0 Å². The first-order chi connectivity index (χ1) is 10.4. The molecule has 1 unspecified atom stereocenters. The summed E-state index contributed by atoms with van der Waals surface area (Å²) in [5.74, 6) is -3.04. The first-order valence-electron chi connectivity index (χ1n) is 6.82. The van der Waals surface area contributed by atoms with Crippen molar-refractivity contribution in [3.05, 3.63) is 35.1 Å². The largest absolute Gasteiger partial charge is 0.287 e. The molecule has 1 aromatic carbocycles. The molecule has 0 aliphatic carbocycles. The maximum atomic E-state index is 13.8. The van der Waals surface area contributed by atoms with E-state index in [2.05, 4.69) is 0 Å². The molecule has 0 radical (unpaired) electrons.